The molecule has 1 aromatic heterocycles. The Bertz CT molecular complexity index is 1240. The van der Waals surface area contributed by atoms with Crippen molar-refractivity contribution < 1.29 is 14.0 Å². The maximum Gasteiger partial charge on any atom is 0.251 e. The number of carbonyl (C=O) groups excluding carboxylic acids is 2. The van der Waals surface area contributed by atoms with Crippen molar-refractivity contribution in [3.05, 3.63) is 94.9 Å². The lowest BCUT2D eigenvalue weighted by molar-refractivity contribution is -0.119. The van der Waals surface area contributed by atoms with Gasteiger partial charge in [0.25, 0.3) is 5.91 Å². The molecule has 0 unspecified atom stereocenters. The molecule has 1 heterocycles. The zero-order chi connectivity index (χ0) is 24.5. The second-order valence-electron chi connectivity index (χ2n) is 7.53. The van der Waals surface area contributed by atoms with E-state index < -0.39 is 0 Å². The van der Waals surface area contributed by atoms with Crippen LogP contribution in [0.2, 0.25) is 0 Å². The van der Waals surface area contributed by atoms with Gasteiger partial charge in [-0.1, -0.05) is 12.1 Å². The van der Waals surface area contributed by atoms with Gasteiger partial charge < -0.3 is 16.4 Å². The summed E-state index contributed by atoms with van der Waals surface area (Å²) in [6.07, 6.45) is 4.91. The van der Waals surface area contributed by atoms with E-state index in [1.54, 1.807) is 55.9 Å². The standard InChI is InChI=1S/C26H26FN5O2/c1-17(33)31-15-21-16-32-25(19-6-8-22(27)9-7-19)13-23(21)24(28)10-11-30-14-18-4-3-5-20(12-18)26(34)29-2/h3-13,16H,14-15,28H2,1-2H3,(H,29,34)(H,31,33)/b24-10-,30-11?. The van der Waals surface area contributed by atoms with Gasteiger partial charge in [0.05, 0.1) is 12.2 Å². The van der Waals surface area contributed by atoms with Crippen LogP contribution in [0.25, 0.3) is 17.0 Å². The molecule has 0 saturated carbocycles. The second-order valence-corrected chi connectivity index (χ2v) is 7.53. The van der Waals surface area contributed by atoms with Crippen molar-refractivity contribution in [3.8, 4) is 11.3 Å². The predicted molar refractivity (Wildman–Crippen MR) is 131 cm³/mol. The van der Waals surface area contributed by atoms with E-state index in [1.807, 2.05) is 12.1 Å². The Hall–Kier alpha value is -4.33. The third kappa shape index (κ3) is 6.59. The van der Waals surface area contributed by atoms with Gasteiger partial charge in [-0.15, -0.1) is 0 Å². The number of nitrogens with one attached hydrogen (secondary N) is 2. The molecule has 8 heteroatoms. The molecule has 0 aliphatic rings. The molecule has 0 spiro atoms. The Labute approximate surface area is 197 Å². The van der Waals surface area contributed by atoms with Crippen molar-refractivity contribution in [2.45, 2.75) is 20.0 Å². The lowest BCUT2D eigenvalue weighted by Crippen LogP contribution is -2.20. The Morgan fingerprint density at radius 3 is 2.62 bits per heavy atom. The van der Waals surface area contributed by atoms with E-state index in [0.717, 1.165) is 16.7 Å². The molecule has 2 amide bonds. The lowest BCUT2D eigenvalue weighted by atomic mass is 10.0. The Kier molecular flexibility index (Phi) is 8.23. The highest BCUT2D eigenvalue weighted by Crippen LogP contribution is 2.23. The maximum atomic E-state index is 13.3. The monoisotopic (exact) mass is 459 g/mol. The van der Waals surface area contributed by atoms with E-state index in [4.69, 9.17) is 5.73 Å². The number of pyridine rings is 1. The van der Waals surface area contributed by atoms with Crippen LogP contribution in [-0.4, -0.2) is 30.1 Å². The molecule has 0 saturated heterocycles. The summed E-state index contributed by atoms with van der Waals surface area (Å²) >= 11 is 0. The van der Waals surface area contributed by atoms with E-state index in [-0.39, 0.29) is 24.2 Å². The van der Waals surface area contributed by atoms with Gasteiger partial charge in [0.1, 0.15) is 5.82 Å². The Morgan fingerprint density at radius 1 is 1.15 bits per heavy atom. The number of rotatable bonds is 8. The van der Waals surface area contributed by atoms with E-state index >= 15 is 0 Å². The Balaban J connectivity index is 1.83. The molecule has 2 aromatic carbocycles. The summed E-state index contributed by atoms with van der Waals surface area (Å²) in [5.41, 5.74) is 11.0. The molecule has 0 aliphatic heterocycles. The van der Waals surface area contributed by atoms with Crippen molar-refractivity contribution in [1.29, 1.82) is 0 Å². The van der Waals surface area contributed by atoms with Crippen LogP contribution in [0.1, 0.15) is 34.0 Å². The third-order valence-electron chi connectivity index (χ3n) is 5.01. The molecular formula is C26H26FN5O2. The van der Waals surface area contributed by atoms with Gasteiger partial charge in [0, 0.05) is 55.3 Å². The van der Waals surface area contributed by atoms with Gasteiger partial charge in [-0.05, 0) is 59.7 Å². The molecule has 3 aromatic rings. The van der Waals surface area contributed by atoms with Crippen molar-refractivity contribution in [2.75, 3.05) is 7.05 Å². The molecule has 174 valence electrons. The first-order valence-corrected chi connectivity index (χ1v) is 10.6. The topological polar surface area (TPSA) is 109 Å². The van der Waals surface area contributed by atoms with Crippen LogP contribution in [0.5, 0.6) is 0 Å². The number of nitrogens with two attached hydrogens (primary N) is 1. The van der Waals surface area contributed by atoms with Crippen LogP contribution in [0, 0.1) is 5.82 Å². The fourth-order valence-corrected chi connectivity index (χ4v) is 3.23. The first-order valence-electron chi connectivity index (χ1n) is 10.6. The molecule has 3 rings (SSSR count). The minimum absolute atomic E-state index is 0.156. The molecular weight excluding hydrogens is 433 g/mol. The first kappa shape index (κ1) is 24.3. The molecule has 0 radical (unpaired) electrons. The Morgan fingerprint density at radius 2 is 1.91 bits per heavy atom. The van der Waals surface area contributed by atoms with E-state index in [0.29, 0.717) is 29.1 Å². The maximum absolute atomic E-state index is 13.3. The largest absolute Gasteiger partial charge is 0.398 e. The average Bonchev–Trinajstić information content (AvgIpc) is 2.85. The van der Waals surface area contributed by atoms with Crippen molar-refractivity contribution in [3.63, 3.8) is 0 Å². The predicted octanol–water partition coefficient (Wildman–Crippen LogP) is 3.45. The number of aromatic nitrogens is 1. The SMILES string of the molecule is CNC(=O)c1cccc(CN=C/C=C(\N)c2cc(-c3ccc(F)cc3)ncc2CNC(C)=O)c1. The van der Waals surface area contributed by atoms with Crippen LogP contribution < -0.4 is 16.4 Å². The molecule has 34 heavy (non-hydrogen) atoms. The number of aliphatic imine (C=N–C) groups is 1. The summed E-state index contributed by atoms with van der Waals surface area (Å²) in [5, 5.41) is 5.35. The van der Waals surface area contributed by atoms with Crippen molar-refractivity contribution in [1.82, 2.24) is 15.6 Å². The number of hydrogen-bond acceptors (Lipinski definition) is 5. The molecule has 0 bridgehead atoms. The fraction of sp³-hybridized carbons (Fsp3) is 0.154. The van der Waals surface area contributed by atoms with Gasteiger partial charge in [-0.2, -0.15) is 0 Å². The van der Waals surface area contributed by atoms with Crippen LogP contribution >= 0.6 is 0 Å². The second kappa shape index (κ2) is 11.5. The van der Waals surface area contributed by atoms with Crippen molar-refractivity contribution >= 4 is 23.7 Å². The lowest BCUT2D eigenvalue weighted by Gasteiger charge is -2.12. The zero-order valence-corrected chi connectivity index (χ0v) is 19.0. The van der Waals surface area contributed by atoms with Crippen LogP contribution in [0.4, 0.5) is 4.39 Å². The number of benzene rings is 2. The summed E-state index contributed by atoms with van der Waals surface area (Å²) in [7, 11) is 1.58. The average molecular weight is 460 g/mol. The number of allylic oxidation sites excluding steroid dienone is 1. The van der Waals surface area contributed by atoms with Crippen LogP contribution in [0.15, 0.2) is 71.9 Å². The minimum Gasteiger partial charge on any atom is -0.398 e. The molecule has 0 aliphatic carbocycles. The van der Waals surface area contributed by atoms with E-state index in [2.05, 4.69) is 20.6 Å². The normalized spacial score (nSPS) is 11.4. The van der Waals surface area contributed by atoms with Gasteiger partial charge >= 0.3 is 0 Å². The number of carbonyl (C=O) groups is 2. The third-order valence-corrected chi connectivity index (χ3v) is 5.01. The summed E-state index contributed by atoms with van der Waals surface area (Å²) in [4.78, 5) is 32.0. The molecule has 0 fully saturated rings. The minimum atomic E-state index is -0.331. The quantitative estimate of drug-likeness (QED) is 0.448. The summed E-state index contributed by atoms with van der Waals surface area (Å²) in [6, 6.07) is 15.0. The molecule has 7 nitrogen and oxygen atoms in total. The highest BCUT2D eigenvalue weighted by molar-refractivity contribution is 5.94. The number of amides is 2. The smallest absolute Gasteiger partial charge is 0.251 e. The fourth-order valence-electron chi connectivity index (χ4n) is 3.23. The number of halogens is 1. The summed E-state index contributed by atoms with van der Waals surface area (Å²) in [5.74, 6) is -0.657. The van der Waals surface area contributed by atoms with Gasteiger partial charge in [0.2, 0.25) is 5.91 Å². The van der Waals surface area contributed by atoms with Crippen molar-refractivity contribution in [2.24, 2.45) is 10.7 Å². The summed E-state index contributed by atoms with van der Waals surface area (Å²) < 4.78 is 13.3. The molecule has 0 atom stereocenters. The van der Waals surface area contributed by atoms with Gasteiger partial charge in [0.15, 0.2) is 0 Å². The van der Waals surface area contributed by atoms with E-state index in [9.17, 15) is 14.0 Å². The first-order chi connectivity index (χ1) is 16.4. The van der Waals surface area contributed by atoms with E-state index in [1.165, 1.54) is 19.1 Å². The zero-order valence-electron chi connectivity index (χ0n) is 19.0. The van der Waals surface area contributed by atoms with Gasteiger partial charge in [-0.25, -0.2) is 4.39 Å². The van der Waals surface area contributed by atoms with Gasteiger partial charge in [-0.3, -0.25) is 19.6 Å². The summed E-state index contributed by atoms with van der Waals surface area (Å²) in [6.45, 7) is 2.08. The van der Waals surface area contributed by atoms with Crippen LogP contribution in [0.3, 0.4) is 0 Å². The number of nitrogens with zero attached hydrogens (tertiary/aromatic N) is 2. The molecule has 4 N–H and O–H groups in total. The number of hydrogen-bond donors (Lipinski definition) is 3. The highest BCUT2D eigenvalue weighted by atomic mass is 19.1. The highest BCUT2D eigenvalue weighted by Gasteiger charge is 2.10. The van der Waals surface area contributed by atoms with Crippen LogP contribution in [-0.2, 0) is 17.9 Å².